The zero-order valence-electron chi connectivity index (χ0n) is 10.5. The summed E-state index contributed by atoms with van der Waals surface area (Å²) in [7, 11) is 0. The van der Waals surface area contributed by atoms with Gasteiger partial charge in [0.15, 0.2) is 5.82 Å². The van der Waals surface area contributed by atoms with Gasteiger partial charge in [0.2, 0.25) is 0 Å². The minimum absolute atomic E-state index is 0.0211. The minimum Gasteiger partial charge on any atom is -0.358 e. The number of hydrogen-bond acceptors (Lipinski definition) is 4. The Morgan fingerprint density at radius 3 is 2.95 bits per heavy atom. The molecule has 1 aliphatic carbocycles. The van der Waals surface area contributed by atoms with Crippen LogP contribution in [0.25, 0.3) is 0 Å². The van der Waals surface area contributed by atoms with Crippen LogP contribution in [-0.2, 0) is 0 Å². The molecule has 1 fully saturated rings. The zero-order chi connectivity index (χ0) is 13.4. The van der Waals surface area contributed by atoms with E-state index < -0.39 is 0 Å². The van der Waals surface area contributed by atoms with E-state index in [1.165, 1.54) is 11.3 Å². The molecule has 6 heteroatoms. The maximum atomic E-state index is 12.2. The molecule has 100 valence electrons. The van der Waals surface area contributed by atoms with Gasteiger partial charge < -0.3 is 9.88 Å². The summed E-state index contributed by atoms with van der Waals surface area (Å²) in [5.74, 6) is 0.409. The quantitative estimate of drug-likeness (QED) is 0.939. The second-order valence-corrected chi connectivity index (χ2v) is 6.47. The molecule has 2 heterocycles. The molecule has 0 saturated heterocycles. The topological polar surface area (TPSA) is 46.9 Å². The average Bonchev–Trinajstić information content (AvgIpc) is 3.13. The Balaban J connectivity index is 1.83. The molecule has 0 aliphatic heterocycles. The summed E-state index contributed by atoms with van der Waals surface area (Å²) < 4.78 is 2.52. The molecular weight excluding hydrogens is 282 g/mol. The van der Waals surface area contributed by atoms with Gasteiger partial charge >= 0.3 is 0 Å². The van der Waals surface area contributed by atoms with Gasteiger partial charge in [-0.2, -0.15) is 0 Å². The van der Waals surface area contributed by atoms with Gasteiger partial charge in [0.05, 0.1) is 10.4 Å². The highest BCUT2D eigenvalue weighted by molar-refractivity contribution is 7.16. The molecule has 2 aromatic rings. The number of halogens is 1. The highest BCUT2D eigenvalue weighted by Gasteiger charge is 2.25. The maximum Gasteiger partial charge on any atom is 0.293 e. The van der Waals surface area contributed by atoms with Crippen molar-refractivity contribution in [3.63, 3.8) is 0 Å². The minimum atomic E-state index is -0.0421. The van der Waals surface area contributed by atoms with E-state index in [1.54, 1.807) is 17.0 Å². The van der Waals surface area contributed by atoms with Gasteiger partial charge in [-0.25, -0.2) is 4.98 Å². The molecule has 0 spiro atoms. The summed E-state index contributed by atoms with van der Waals surface area (Å²) in [4.78, 5) is 17.5. The number of nitrogens with zero attached hydrogens (tertiary/aromatic N) is 2. The molecule has 19 heavy (non-hydrogen) atoms. The fourth-order valence-corrected chi connectivity index (χ4v) is 3.06. The molecule has 1 aliphatic rings. The Hall–Kier alpha value is -1.33. The zero-order valence-corrected chi connectivity index (χ0v) is 12.0. The van der Waals surface area contributed by atoms with Crippen molar-refractivity contribution in [2.24, 2.45) is 0 Å². The smallest absolute Gasteiger partial charge is 0.293 e. The number of nitrogens with one attached hydrogen (secondary N) is 1. The van der Waals surface area contributed by atoms with Crippen molar-refractivity contribution in [1.82, 2.24) is 9.55 Å². The molecule has 1 saturated carbocycles. The fraction of sp³-hybridized carbons (Fsp3) is 0.385. The lowest BCUT2D eigenvalue weighted by Crippen LogP contribution is -2.24. The number of anilines is 1. The molecule has 0 aromatic carbocycles. The molecule has 0 amide bonds. The number of aromatic nitrogens is 2. The Kier molecular flexibility index (Phi) is 3.33. The second-order valence-electron chi connectivity index (χ2n) is 4.73. The molecule has 3 rings (SSSR count). The second kappa shape index (κ2) is 4.98. The van der Waals surface area contributed by atoms with E-state index in [1.807, 2.05) is 19.1 Å². The lowest BCUT2D eigenvalue weighted by atomic mass is 10.3. The van der Waals surface area contributed by atoms with Gasteiger partial charge in [0.25, 0.3) is 5.56 Å². The van der Waals surface area contributed by atoms with Crippen LogP contribution in [0.5, 0.6) is 0 Å². The van der Waals surface area contributed by atoms with Gasteiger partial charge in [-0.1, -0.05) is 11.6 Å². The van der Waals surface area contributed by atoms with Crippen LogP contribution in [0, 0.1) is 0 Å². The summed E-state index contributed by atoms with van der Waals surface area (Å²) >= 11 is 7.43. The van der Waals surface area contributed by atoms with E-state index in [2.05, 4.69) is 10.3 Å². The standard InChI is InChI=1S/C13H14ClN3OS/c1-8(10-4-5-11(14)19-10)16-12-13(18)17(7-6-15-12)9-2-3-9/h4-9H,2-3H2,1H3,(H,15,16). The summed E-state index contributed by atoms with van der Waals surface area (Å²) in [5.41, 5.74) is -0.0421. The van der Waals surface area contributed by atoms with Crippen LogP contribution in [0.3, 0.4) is 0 Å². The Morgan fingerprint density at radius 2 is 2.32 bits per heavy atom. The van der Waals surface area contributed by atoms with Crippen molar-refractivity contribution >= 4 is 28.8 Å². The molecule has 2 aromatic heterocycles. The Morgan fingerprint density at radius 1 is 1.53 bits per heavy atom. The van der Waals surface area contributed by atoms with Crippen molar-refractivity contribution in [2.45, 2.75) is 31.8 Å². The van der Waals surface area contributed by atoms with E-state index in [0.717, 1.165) is 22.1 Å². The van der Waals surface area contributed by atoms with Gasteiger partial charge in [-0.3, -0.25) is 4.79 Å². The third kappa shape index (κ3) is 2.67. The number of rotatable bonds is 4. The molecular formula is C13H14ClN3OS. The highest BCUT2D eigenvalue weighted by atomic mass is 35.5. The molecule has 4 nitrogen and oxygen atoms in total. The van der Waals surface area contributed by atoms with E-state index in [0.29, 0.717) is 11.9 Å². The molecule has 0 radical (unpaired) electrons. The summed E-state index contributed by atoms with van der Waals surface area (Å²) in [6, 6.07) is 4.21. The van der Waals surface area contributed by atoms with Crippen LogP contribution in [0.4, 0.5) is 5.82 Å². The van der Waals surface area contributed by atoms with Crippen LogP contribution in [0.15, 0.2) is 29.3 Å². The molecule has 0 bridgehead atoms. The van der Waals surface area contributed by atoms with Gasteiger partial charge in [-0.15, -0.1) is 11.3 Å². The molecule has 1 atom stereocenters. The first-order valence-electron chi connectivity index (χ1n) is 6.24. The highest BCUT2D eigenvalue weighted by Crippen LogP contribution is 2.33. The fourth-order valence-electron chi connectivity index (χ4n) is 2.00. The van der Waals surface area contributed by atoms with Gasteiger partial charge in [0, 0.05) is 23.3 Å². The van der Waals surface area contributed by atoms with Crippen molar-refractivity contribution in [3.8, 4) is 0 Å². The Bertz CT molecular complexity index is 647. The van der Waals surface area contributed by atoms with Crippen LogP contribution < -0.4 is 10.9 Å². The largest absolute Gasteiger partial charge is 0.358 e. The van der Waals surface area contributed by atoms with Crippen LogP contribution in [-0.4, -0.2) is 9.55 Å². The van der Waals surface area contributed by atoms with Crippen LogP contribution in [0.2, 0.25) is 4.34 Å². The van der Waals surface area contributed by atoms with E-state index in [9.17, 15) is 4.79 Å². The van der Waals surface area contributed by atoms with Gasteiger partial charge in [0.1, 0.15) is 0 Å². The van der Waals surface area contributed by atoms with Gasteiger partial charge in [-0.05, 0) is 31.9 Å². The summed E-state index contributed by atoms with van der Waals surface area (Å²) in [5, 5.41) is 3.17. The van der Waals surface area contributed by atoms with Crippen LogP contribution in [0.1, 0.15) is 36.7 Å². The maximum absolute atomic E-state index is 12.2. The normalized spacial score (nSPS) is 16.3. The number of hydrogen-bond donors (Lipinski definition) is 1. The van der Waals surface area contributed by atoms with E-state index in [-0.39, 0.29) is 11.6 Å². The lowest BCUT2D eigenvalue weighted by Gasteiger charge is -2.13. The third-order valence-corrected chi connectivity index (χ3v) is 4.60. The Labute approximate surface area is 120 Å². The summed E-state index contributed by atoms with van der Waals surface area (Å²) in [6.45, 7) is 2.00. The predicted molar refractivity (Wildman–Crippen MR) is 78.1 cm³/mol. The van der Waals surface area contributed by atoms with Crippen molar-refractivity contribution in [3.05, 3.63) is 44.1 Å². The van der Waals surface area contributed by atoms with Crippen molar-refractivity contribution in [2.75, 3.05) is 5.32 Å². The molecule has 1 N–H and O–H groups in total. The first-order chi connectivity index (χ1) is 9.15. The third-order valence-electron chi connectivity index (χ3n) is 3.18. The lowest BCUT2D eigenvalue weighted by molar-refractivity contribution is 0.696. The van der Waals surface area contributed by atoms with Crippen molar-refractivity contribution < 1.29 is 0 Å². The first-order valence-corrected chi connectivity index (χ1v) is 7.43. The van der Waals surface area contributed by atoms with E-state index >= 15 is 0 Å². The SMILES string of the molecule is CC(Nc1nccn(C2CC2)c1=O)c1ccc(Cl)s1. The van der Waals surface area contributed by atoms with Crippen molar-refractivity contribution in [1.29, 1.82) is 0 Å². The monoisotopic (exact) mass is 295 g/mol. The average molecular weight is 296 g/mol. The van der Waals surface area contributed by atoms with E-state index in [4.69, 9.17) is 11.6 Å². The van der Waals surface area contributed by atoms with Crippen LogP contribution >= 0.6 is 22.9 Å². The first kappa shape index (κ1) is 12.7. The molecule has 1 unspecified atom stereocenters. The predicted octanol–water partition coefficient (Wildman–Crippen LogP) is 3.47. The summed E-state index contributed by atoms with van der Waals surface area (Å²) in [6.07, 6.45) is 5.60. The number of thiophene rings is 1.